The van der Waals surface area contributed by atoms with Gasteiger partial charge in [0.1, 0.15) is 5.82 Å². The smallest absolute Gasteiger partial charge is 0.138 e. The van der Waals surface area contributed by atoms with E-state index in [1.807, 2.05) is 18.2 Å². The van der Waals surface area contributed by atoms with E-state index in [2.05, 4.69) is 56.8 Å². The Morgan fingerprint density at radius 3 is 2.59 bits per heavy atom. The molecular formula is C13H10IN3. The molecule has 0 radical (unpaired) electrons. The van der Waals surface area contributed by atoms with Crippen LogP contribution in [0.1, 0.15) is 0 Å². The Morgan fingerprint density at radius 2 is 1.82 bits per heavy atom. The molecule has 84 valence electrons. The number of fused-ring (bicyclic) bond motifs is 1. The standard InChI is InChI=1S/C13H10IN3/c14-9-3-1-8(2-4-9)13-16-11-6-5-10(15)7-12(11)17-13/h1-7H,15H2,(H,16,17). The fraction of sp³-hybridized carbons (Fsp3) is 0. The first-order valence-corrected chi connectivity index (χ1v) is 6.31. The van der Waals surface area contributed by atoms with Crippen molar-refractivity contribution in [3.8, 4) is 11.4 Å². The van der Waals surface area contributed by atoms with Crippen molar-refractivity contribution in [2.75, 3.05) is 5.73 Å². The number of aromatic nitrogens is 2. The molecule has 0 fully saturated rings. The Balaban J connectivity index is 2.14. The molecule has 3 rings (SSSR count). The van der Waals surface area contributed by atoms with Gasteiger partial charge in [-0.2, -0.15) is 0 Å². The van der Waals surface area contributed by atoms with E-state index < -0.39 is 0 Å². The maximum Gasteiger partial charge on any atom is 0.138 e. The molecule has 0 bridgehead atoms. The summed E-state index contributed by atoms with van der Waals surface area (Å²) in [4.78, 5) is 7.82. The van der Waals surface area contributed by atoms with E-state index in [9.17, 15) is 0 Å². The Kier molecular flexibility index (Phi) is 2.51. The number of halogens is 1. The van der Waals surface area contributed by atoms with Crippen LogP contribution in [-0.2, 0) is 0 Å². The summed E-state index contributed by atoms with van der Waals surface area (Å²) < 4.78 is 1.21. The van der Waals surface area contributed by atoms with Gasteiger partial charge in [-0.3, -0.25) is 0 Å². The highest BCUT2D eigenvalue weighted by molar-refractivity contribution is 14.1. The van der Waals surface area contributed by atoms with Crippen LogP contribution in [0, 0.1) is 3.57 Å². The Hall–Kier alpha value is -1.56. The summed E-state index contributed by atoms with van der Waals surface area (Å²) in [6.45, 7) is 0. The lowest BCUT2D eigenvalue weighted by molar-refractivity contribution is 1.33. The molecule has 17 heavy (non-hydrogen) atoms. The first-order valence-electron chi connectivity index (χ1n) is 5.23. The predicted octanol–water partition coefficient (Wildman–Crippen LogP) is 3.42. The SMILES string of the molecule is Nc1ccc2nc(-c3ccc(I)cc3)[nH]c2c1. The van der Waals surface area contributed by atoms with Crippen molar-refractivity contribution >= 4 is 39.3 Å². The van der Waals surface area contributed by atoms with E-state index in [1.165, 1.54) is 3.57 Å². The van der Waals surface area contributed by atoms with E-state index in [1.54, 1.807) is 0 Å². The lowest BCUT2D eigenvalue weighted by atomic mass is 10.2. The molecule has 0 aliphatic carbocycles. The number of imidazole rings is 1. The van der Waals surface area contributed by atoms with Crippen molar-refractivity contribution in [1.29, 1.82) is 0 Å². The Morgan fingerprint density at radius 1 is 1.06 bits per heavy atom. The maximum atomic E-state index is 5.74. The van der Waals surface area contributed by atoms with Crippen molar-refractivity contribution in [1.82, 2.24) is 9.97 Å². The summed E-state index contributed by atoms with van der Waals surface area (Å²) in [6, 6.07) is 13.9. The molecule has 0 saturated carbocycles. The number of nitrogens with two attached hydrogens (primary N) is 1. The molecule has 0 unspecified atom stereocenters. The number of benzene rings is 2. The van der Waals surface area contributed by atoms with E-state index in [0.29, 0.717) is 0 Å². The summed E-state index contributed by atoms with van der Waals surface area (Å²) in [5, 5.41) is 0. The molecule has 3 nitrogen and oxygen atoms in total. The average Bonchev–Trinajstić information content (AvgIpc) is 2.72. The second-order valence-corrected chi connectivity index (χ2v) is 5.11. The maximum absolute atomic E-state index is 5.74. The van der Waals surface area contributed by atoms with Gasteiger partial charge < -0.3 is 10.7 Å². The van der Waals surface area contributed by atoms with Crippen molar-refractivity contribution in [3.63, 3.8) is 0 Å². The molecule has 0 aliphatic rings. The molecule has 4 heteroatoms. The quantitative estimate of drug-likeness (QED) is 0.529. The van der Waals surface area contributed by atoms with E-state index in [0.717, 1.165) is 28.1 Å². The molecular weight excluding hydrogens is 325 g/mol. The van der Waals surface area contributed by atoms with Crippen LogP contribution in [0.2, 0.25) is 0 Å². The predicted molar refractivity (Wildman–Crippen MR) is 78.7 cm³/mol. The zero-order chi connectivity index (χ0) is 11.8. The molecule has 0 spiro atoms. The Bertz CT molecular complexity index is 671. The highest BCUT2D eigenvalue weighted by Crippen LogP contribution is 2.22. The average molecular weight is 335 g/mol. The summed E-state index contributed by atoms with van der Waals surface area (Å²) in [5.74, 6) is 0.877. The van der Waals surface area contributed by atoms with Gasteiger partial charge in [-0.25, -0.2) is 4.98 Å². The highest BCUT2D eigenvalue weighted by Gasteiger charge is 2.04. The number of anilines is 1. The zero-order valence-corrected chi connectivity index (χ0v) is 11.1. The lowest BCUT2D eigenvalue weighted by Crippen LogP contribution is -1.82. The second kappa shape index (κ2) is 4.03. The second-order valence-electron chi connectivity index (χ2n) is 3.87. The van der Waals surface area contributed by atoms with Crippen LogP contribution >= 0.6 is 22.6 Å². The van der Waals surface area contributed by atoms with Crippen LogP contribution in [0.25, 0.3) is 22.4 Å². The van der Waals surface area contributed by atoms with E-state index in [4.69, 9.17) is 5.73 Å². The van der Waals surface area contributed by atoms with Gasteiger partial charge in [0.15, 0.2) is 0 Å². The fourth-order valence-corrected chi connectivity index (χ4v) is 2.13. The molecule has 3 aromatic rings. The molecule has 1 aromatic heterocycles. The molecule has 2 aromatic carbocycles. The fourth-order valence-electron chi connectivity index (χ4n) is 1.77. The number of hydrogen-bond donors (Lipinski definition) is 2. The zero-order valence-electron chi connectivity index (χ0n) is 8.94. The third-order valence-electron chi connectivity index (χ3n) is 2.62. The van der Waals surface area contributed by atoms with E-state index >= 15 is 0 Å². The first-order chi connectivity index (χ1) is 8.22. The topological polar surface area (TPSA) is 54.7 Å². The van der Waals surface area contributed by atoms with Gasteiger partial charge in [0, 0.05) is 14.8 Å². The number of aromatic amines is 1. The molecule has 3 N–H and O–H groups in total. The monoisotopic (exact) mass is 335 g/mol. The van der Waals surface area contributed by atoms with Gasteiger partial charge in [0.05, 0.1) is 11.0 Å². The van der Waals surface area contributed by atoms with Gasteiger partial charge in [-0.05, 0) is 52.9 Å². The van der Waals surface area contributed by atoms with Crippen molar-refractivity contribution in [3.05, 3.63) is 46.0 Å². The van der Waals surface area contributed by atoms with Gasteiger partial charge in [-0.15, -0.1) is 0 Å². The molecule has 1 heterocycles. The minimum atomic E-state index is 0.746. The molecule has 0 aliphatic heterocycles. The summed E-state index contributed by atoms with van der Waals surface area (Å²) in [7, 11) is 0. The molecule has 0 atom stereocenters. The third-order valence-corrected chi connectivity index (χ3v) is 3.34. The van der Waals surface area contributed by atoms with Crippen molar-refractivity contribution < 1.29 is 0 Å². The lowest BCUT2D eigenvalue weighted by Gasteiger charge is -1.95. The minimum absolute atomic E-state index is 0.746. The number of rotatable bonds is 1. The minimum Gasteiger partial charge on any atom is -0.399 e. The molecule has 0 saturated heterocycles. The number of nitrogen functional groups attached to an aromatic ring is 1. The first kappa shape index (κ1) is 10.6. The van der Waals surface area contributed by atoms with Crippen molar-refractivity contribution in [2.24, 2.45) is 0 Å². The van der Waals surface area contributed by atoms with Gasteiger partial charge in [0.25, 0.3) is 0 Å². The highest BCUT2D eigenvalue weighted by atomic mass is 127. The van der Waals surface area contributed by atoms with Crippen LogP contribution in [0.15, 0.2) is 42.5 Å². The number of hydrogen-bond acceptors (Lipinski definition) is 2. The summed E-state index contributed by atoms with van der Waals surface area (Å²) in [6.07, 6.45) is 0. The summed E-state index contributed by atoms with van der Waals surface area (Å²) in [5.41, 5.74) is 9.48. The van der Waals surface area contributed by atoms with Crippen LogP contribution in [-0.4, -0.2) is 9.97 Å². The number of H-pyrrole nitrogens is 1. The normalized spacial score (nSPS) is 10.9. The van der Waals surface area contributed by atoms with E-state index in [-0.39, 0.29) is 0 Å². The summed E-state index contributed by atoms with van der Waals surface area (Å²) >= 11 is 2.29. The number of nitrogens with one attached hydrogen (secondary N) is 1. The number of nitrogens with zero attached hydrogens (tertiary/aromatic N) is 1. The van der Waals surface area contributed by atoms with Gasteiger partial charge in [-0.1, -0.05) is 12.1 Å². The van der Waals surface area contributed by atoms with Gasteiger partial charge in [0.2, 0.25) is 0 Å². The van der Waals surface area contributed by atoms with Crippen LogP contribution in [0.4, 0.5) is 5.69 Å². The van der Waals surface area contributed by atoms with Crippen LogP contribution < -0.4 is 5.73 Å². The largest absolute Gasteiger partial charge is 0.399 e. The van der Waals surface area contributed by atoms with Gasteiger partial charge >= 0.3 is 0 Å². The third kappa shape index (κ3) is 2.00. The van der Waals surface area contributed by atoms with Crippen LogP contribution in [0.3, 0.4) is 0 Å². The van der Waals surface area contributed by atoms with Crippen molar-refractivity contribution in [2.45, 2.75) is 0 Å². The molecule has 0 amide bonds. The van der Waals surface area contributed by atoms with Crippen LogP contribution in [0.5, 0.6) is 0 Å². The Labute approximate surface area is 112 Å².